The molecule has 4 rings (SSSR count). The van der Waals surface area contributed by atoms with Gasteiger partial charge in [0.25, 0.3) is 10.0 Å². The van der Waals surface area contributed by atoms with Gasteiger partial charge in [-0.1, -0.05) is 31.3 Å². The van der Waals surface area contributed by atoms with E-state index in [0.717, 1.165) is 35.6 Å². The molecule has 0 spiro atoms. The van der Waals surface area contributed by atoms with Crippen LogP contribution in [0.15, 0.2) is 39.9 Å². The lowest BCUT2D eigenvalue weighted by Gasteiger charge is -2.34. The van der Waals surface area contributed by atoms with Gasteiger partial charge in [0.15, 0.2) is 5.13 Å². The highest BCUT2D eigenvalue weighted by Crippen LogP contribution is 2.34. The van der Waals surface area contributed by atoms with Gasteiger partial charge in [0, 0.05) is 26.2 Å². The summed E-state index contributed by atoms with van der Waals surface area (Å²) in [7, 11) is -3.59. The van der Waals surface area contributed by atoms with Crippen LogP contribution in [0.4, 0.5) is 5.13 Å². The van der Waals surface area contributed by atoms with Crippen LogP contribution in [0.3, 0.4) is 0 Å². The van der Waals surface area contributed by atoms with E-state index in [2.05, 4.69) is 18.7 Å². The topological polar surface area (TPSA) is 83.1 Å². The Morgan fingerprint density at radius 2 is 2.00 bits per heavy atom. The number of nitrogens with zero attached hydrogens (tertiary/aromatic N) is 4. The minimum Gasteiger partial charge on any atom is -0.494 e. The highest BCUT2D eigenvalue weighted by Gasteiger charge is 2.36. The van der Waals surface area contributed by atoms with Crippen molar-refractivity contribution in [2.24, 2.45) is 5.92 Å². The Morgan fingerprint density at radius 3 is 2.69 bits per heavy atom. The Kier molecular flexibility index (Phi) is 9.00. The van der Waals surface area contributed by atoms with Gasteiger partial charge in [0.1, 0.15) is 9.96 Å². The van der Waals surface area contributed by atoms with Gasteiger partial charge in [-0.05, 0) is 62.5 Å². The third-order valence-electron chi connectivity index (χ3n) is 6.51. The molecule has 1 saturated heterocycles. The normalized spacial score (nSPS) is 17.1. The number of carbonyl (C=O) groups is 1. The first-order valence-electron chi connectivity index (χ1n) is 12.5. The van der Waals surface area contributed by atoms with Crippen LogP contribution in [0.5, 0.6) is 5.75 Å². The lowest BCUT2D eigenvalue weighted by molar-refractivity contribution is -0.123. The van der Waals surface area contributed by atoms with E-state index in [1.165, 1.54) is 27.0 Å². The first kappa shape index (κ1) is 27.0. The van der Waals surface area contributed by atoms with Gasteiger partial charge in [0.05, 0.1) is 22.7 Å². The monoisotopic (exact) mass is 550 g/mol. The van der Waals surface area contributed by atoms with Crippen LogP contribution in [0.2, 0.25) is 0 Å². The molecule has 0 saturated carbocycles. The van der Waals surface area contributed by atoms with Gasteiger partial charge in [-0.2, -0.15) is 4.31 Å². The number of amides is 1. The maximum absolute atomic E-state index is 13.9. The number of fused-ring (bicyclic) bond motifs is 1. The molecule has 3 aromatic rings. The van der Waals surface area contributed by atoms with Crippen molar-refractivity contribution in [3.63, 3.8) is 0 Å². The standard InChI is InChI=1S/C25H34N4O4S3/c1-4-27(5-2)14-15-29(25-26-21-12-11-20(33-6-3)17-22(21)35-25)24(30)19-9-7-13-28(18-19)36(31,32)23-10-8-16-34-23/h8,10-12,16-17,19H,4-7,9,13-15,18H2,1-3H3. The van der Waals surface area contributed by atoms with E-state index >= 15 is 0 Å². The fourth-order valence-corrected chi connectivity index (χ4v) is 8.16. The maximum atomic E-state index is 13.9. The zero-order valence-corrected chi connectivity index (χ0v) is 23.5. The second-order valence-corrected chi connectivity index (χ2v) is 12.8. The van der Waals surface area contributed by atoms with Crippen molar-refractivity contribution in [2.45, 2.75) is 37.8 Å². The van der Waals surface area contributed by atoms with Crippen LogP contribution in [0.1, 0.15) is 33.6 Å². The van der Waals surface area contributed by atoms with Crippen LogP contribution >= 0.6 is 22.7 Å². The second kappa shape index (κ2) is 12.0. The second-order valence-electron chi connectivity index (χ2n) is 8.71. The smallest absolute Gasteiger partial charge is 0.252 e. The summed E-state index contributed by atoms with van der Waals surface area (Å²) >= 11 is 2.68. The predicted octanol–water partition coefficient (Wildman–Crippen LogP) is 4.53. The molecule has 0 aliphatic carbocycles. The molecule has 1 fully saturated rings. The summed E-state index contributed by atoms with van der Waals surface area (Å²) in [4.78, 5) is 22.8. The summed E-state index contributed by atoms with van der Waals surface area (Å²) in [5, 5.41) is 2.41. The van der Waals surface area contributed by atoms with Crippen LogP contribution in [0, 0.1) is 5.92 Å². The Morgan fingerprint density at radius 1 is 1.19 bits per heavy atom. The van der Waals surface area contributed by atoms with Crippen molar-refractivity contribution in [3.8, 4) is 5.75 Å². The fourth-order valence-electron chi connectivity index (χ4n) is 4.47. The SMILES string of the molecule is CCOc1ccc2nc(N(CCN(CC)CC)C(=O)C3CCCN(S(=O)(=O)c4cccs4)C3)sc2c1. The number of thiazole rings is 1. The van der Waals surface area contributed by atoms with Crippen LogP contribution in [0.25, 0.3) is 10.2 Å². The number of ether oxygens (including phenoxy) is 1. The van der Waals surface area contributed by atoms with E-state index in [4.69, 9.17) is 9.72 Å². The molecule has 1 unspecified atom stereocenters. The Labute approximate surface area is 221 Å². The van der Waals surface area contributed by atoms with Gasteiger partial charge in [-0.15, -0.1) is 11.3 Å². The number of carbonyl (C=O) groups excluding carboxylic acids is 1. The highest BCUT2D eigenvalue weighted by molar-refractivity contribution is 7.91. The average molecular weight is 551 g/mol. The van der Waals surface area contributed by atoms with Gasteiger partial charge >= 0.3 is 0 Å². The molecule has 0 N–H and O–H groups in total. The van der Waals surface area contributed by atoms with E-state index in [0.29, 0.717) is 41.9 Å². The van der Waals surface area contributed by atoms with Crippen LogP contribution < -0.4 is 9.64 Å². The molecule has 36 heavy (non-hydrogen) atoms. The minimum absolute atomic E-state index is 0.0580. The molecule has 3 heterocycles. The lowest BCUT2D eigenvalue weighted by atomic mass is 9.98. The fraction of sp³-hybridized carbons (Fsp3) is 0.520. The summed E-state index contributed by atoms with van der Waals surface area (Å²) in [6.07, 6.45) is 1.32. The van der Waals surface area contributed by atoms with Crippen molar-refractivity contribution in [1.29, 1.82) is 0 Å². The summed E-state index contributed by atoms with van der Waals surface area (Å²) in [6.45, 7) is 10.4. The molecule has 196 valence electrons. The molecule has 2 aromatic heterocycles. The number of rotatable bonds is 11. The number of anilines is 1. The Hall–Kier alpha value is -2.05. The van der Waals surface area contributed by atoms with Crippen LogP contribution in [-0.2, 0) is 14.8 Å². The molecule has 0 radical (unpaired) electrons. The van der Waals surface area contributed by atoms with Crippen molar-refractivity contribution >= 4 is 54.0 Å². The Balaban J connectivity index is 1.60. The van der Waals surface area contributed by atoms with Crippen molar-refractivity contribution < 1.29 is 17.9 Å². The summed E-state index contributed by atoms with van der Waals surface area (Å²) < 4.78 is 34.7. The van der Waals surface area contributed by atoms with Gasteiger partial charge in [-0.25, -0.2) is 13.4 Å². The van der Waals surface area contributed by atoms with Crippen molar-refractivity contribution in [3.05, 3.63) is 35.7 Å². The number of thiophene rings is 1. The molecule has 1 amide bonds. The predicted molar refractivity (Wildman–Crippen MR) is 147 cm³/mol. The van der Waals surface area contributed by atoms with Crippen LogP contribution in [-0.4, -0.2) is 74.4 Å². The number of hydrogen-bond donors (Lipinski definition) is 0. The van der Waals surface area contributed by atoms with Crippen molar-refractivity contribution in [1.82, 2.24) is 14.2 Å². The first-order chi connectivity index (χ1) is 17.4. The number of benzene rings is 1. The Bertz CT molecular complexity index is 1260. The molecule has 1 aliphatic rings. The van der Waals surface area contributed by atoms with Gasteiger partial charge in [-0.3, -0.25) is 9.69 Å². The quantitative estimate of drug-likeness (QED) is 0.349. The summed E-state index contributed by atoms with van der Waals surface area (Å²) in [5.74, 6) is 0.316. The molecular weight excluding hydrogens is 517 g/mol. The lowest BCUT2D eigenvalue weighted by Crippen LogP contribution is -2.48. The van der Waals surface area contributed by atoms with E-state index in [1.54, 1.807) is 22.4 Å². The summed E-state index contributed by atoms with van der Waals surface area (Å²) in [6, 6.07) is 9.14. The molecular formula is C25H34N4O4S3. The molecule has 8 nitrogen and oxygen atoms in total. The molecule has 11 heteroatoms. The number of piperidine rings is 1. The largest absolute Gasteiger partial charge is 0.494 e. The third kappa shape index (κ3) is 5.91. The molecule has 1 atom stereocenters. The number of aromatic nitrogens is 1. The zero-order chi connectivity index (χ0) is 25.7. The molecule has 1 aliphatic heterocycles. The van der Waals surface area contributed by atoms with E-state index in [9.17, 15) is 13.2 Å². The number of sulfonamides is 1. The number of hydrogen-bond acceptors (Lipinski definition) is 8. The van der Waals surface area contributed by atoms with Gasteiger partial charge in [0.2, 0.25) is 5.91 Å². The average Bonchev–Trinajstić information content (AvgIpc) is 3.57. The van der Waals surface area contributed by atoms with E-state index < -0.39 is 15.9 Å². The first-order valence-corrected chi connectivity index (χ1v) is 15.6. The summed E-state index contributed by atoms with van der Waals surface area (Å²) in [5.41, 5.74) is 0.824. The van der Waals surface area contributed by atoms with E-state index in [-0.39, 0.29) is 12.5 Å². The van der Waals surface area contributed by atoms with E-state index in [1.807, 2.05) is 25.1 Å². The van der Waals surface area contributed by atoms with Crippen molar-refractivity contribution in [2.75, 3.05) is 50.8 Å². The number of likely N-dealkylation sites (N-methyl/N-ethyl adjacent to an activating group) is 1. The van der Waals surface area contributed by atoms with Gasteiger partial charge < -0.3 is 9.64 Å². The molecule has 0 bridgehead atoms. The zero-order valence-electron chi connectivity index (χ0n) is 21.1. The maximum Gasteiger partial charge on any atom is 0.252 e. The molecule has 1 aromatic carbocycles. The minimum atomic E-state index is -3.59. The highest BCUT2D eigenvalue weighted by atomic mass is 32.2. The third-order valence-corrected chi connectivity index (χ3v) is 10.8.